The van der Waals surface area contributed by atoms with Gasteiger partial charge in [0.1, 0.15) is 12.4 Å². The normalized spacial score (nSPS) is 14.7. The molecule has 1 aliphatic carbocycles. The minimum atomic E-state index is -0.326. The van der Waals surface area contributed by atoms with Crippen LogP contribution in [0.15, 0.2) is 18.2 Å². The molecule has 3 heteroatoms. The zero-order valence-corrected chi connectivity index (χ0v) is 11.9. The average Bonchev–Trinajstić information content (AvgIpc) is 3.15. The molecule has 0 unspecified atom stereocenters. The molecule has 0 aliphatic heterocycles. The van der Waals surface area contributed by atoms with E-state index in [1.807, 2.05) is 6.07 Å². The molecule has 1 fully saturated rings. The molecule has 19 heavy (non-hydrogen) atoms. The molecule has 0 amide bonds. The van der Waals surface area contributed by atoms with E-state index in [1.165, 1.54) is 20.0 Å². The maximum Gasteiger partial charge on any atom is 0.337 e. The third-order valence-corrected chi connectivity index (χ3v) is 3.43. The van der Waals surface area contributed by atoms with E-state index in [2.05, 4.69) is 26.0 Å². The minimum Gasteiger partial charge on any atom is -0.424 e. The van der Waals surface area contributed by atoms with Crippen LogP contribution in [-0.2, 0) is 16.0 Å². The number of rotatable bonds is 6. The molecule has 1 aromatic carbocycles. The number of hydrogen-bond donors (Lipinski definition) is 0. The largest absolute Gasteiger partial charge is 0.424 e. The lowest BCUT2D eigenvalue weighted by atomic mass is 9.96. The molecule has 0 radical (unpaired) electrons. The Morgan fingerprint density at radius 3 is 2.68 bits per heavy atom. The Morgan fingerprint density at radius 2 is 2.11 bits per heavy atom. The highest BCUT2D eigenvalue weighted by Gasteiger charge is 2.25. The van der Waals surface area contributed by atoms with Crippen molar-refractivity contribution >= 4 is 5.97 Å². The van der Waals surface area contributed by atoms with Crippen LogP contribution in [0.1, 0.15) is 43.7 Å². The smallest absolute Gasteiger partial charge is 0.337 e. The molecule has 0 heterocycles. The van der Waals surface area contributed by atoms with Gasteiger partial charge in [-0.05, 0) is 42.2 Å². The minimum absolute atomic E-state index is 0.00466. The third-order valence-electron chi connectivity index (χ3n) is 3.43. The lowest BCUT2D eigenvalue weighted by Crippen LogP contribution is -2.16. The zero-order chi connectivity index (χ0) is 13.8. The summed E-state index contributed by atoms with van der Waals surface area (Å²) in [5.41, 5.74) is 2.25. The van der Waals surface area contributed by atoms with Crippen molar-refractivity contribution in [3.8, 4) is 5.75 Å². The zero-order valence-electron chi connectivity index (χ0n) is 11.9. The second kappa shape index (κ2) is 6.20. The van der Waals surface area contributed by atoms with Crippen LogP contribution in [0.2, 0.25) is 0 Å². The van der Waals surface area contributed by atoms with Gasteiger partial charge in [0, 0.05) is 7.11 Å². The number of carbonyl (C=O) groups is 1. The first-order valence-corrected chi connectivity index (χ1v) is 6.93. The predicted octanol–water partition coefficient (Wildman–Crippen LogP) is 3.31. The fourth-order valence-corrected chi connectivity index (χ4v) is 2.24. The summed E-state index contributed by atoms with van der Waals surface area (Å²) in [5.74, 6) is 1.53. The molecule has 1 aliphatic rings. The molecule has 0 atom stereocenters. The standard InChI is InChI=1S/C16H22O3/c1-11(2)14-6-4-5-13(9-12-7-8-12)16(14)19-15(17)10-18-3/h4-6,11-12H,7-10H2,1-3H3. The Hall–Kier alpha value is -1.35. The van der Waals surface area contributed by atoms with Gasteiger partial charge < -0.3 is 9.47 Å². The quantitative estimate of drug-likeness (QED) is 0.583. The summed E-state index contributed by atoms with van der Waals surface area (Å²) in [5, 5.41) is 0. The molecule has 1 aromatic rings. The topological polar surface area (TPSA) is 35.5 Å². The van der Waals surface area contributed by atoms with E-state index in [0.29, 0.717) is 5.92 Å². The van der Waals surface area contributed by atoms with Crippen molar-refractivity contribution in [3.63, 3.8) is 0 Å². The van der Waals surface area contributed by atoms with E-state index in [0.717, 1.165) is 29.2 Å². The Bertz CT molecular complexity index is 447. The lowest BCUT2D eigenvalue weighted by molar-refractivity contribution is -0.138. The molecular formula is C16H22O3. The van der Waals surface area contributed by atoms with Crippen molar-refractivity contribution in [2.45, 2.75) is 39.0 Å². The van der Waals surface area contributed by atoms with Crippen LogP contribution >= 0.6 is 0 Å². The van der Waals surface area contributed by atoms with Crippen molar-refractivity contribution in [2.24, 2.45) is 5.92 Å². The molecular weight excluding hydrogens is 240 g/mol. The number of benzene rings is 1. The van der Waals surface area contributed by atoms with E-state index < -0.39 is 0 Å². The molecule has 0 bridgehead atoms. The number of carbonyl (C=O) groups excluding carboxylic acids is 1. The molecule has 0 saturated heterocycles. The van der Waals surface area contributed by atoms with Gasteiger partial charge in [0.25, 0.3) is 0 Å². The van der Waals surface area contributed by atoms with Crippen molar-refractivity contribution in [2.75, 3.05) is 13.7 Å². The Balaban J connectivity index is 2.25. The first kappa shape index (κ1) is 14.1. The van der Waals surface area contributed by atoms with E-state index in [9.17, 15) is 4.79 Å². The van der Waals surface area contributed by atoms with Gasteiger partial charge in [-0.1, -0.05) is 32.0 Å². The molecule has 104 valence electrons. The van der Waals surface area contributed by atoms with E-state index in [1.54, 1.807) is 0 Å². The van der Waals surface area contributed by atoms with Gasteiger partial charge in [-0.2, -0.15) is 0 Å². The Labute approximate surface area is 114 Å². The predicted molar refractivity (Wildman–Crippen MR) is 74.5 cm³/mol. The van der Waals surface area contributed by atoms with Crippen LogP contribution in [0, 0.1) is 5.92 Å². The molecule has 0 aromatic heterocycles. The summed E-state index contributed by atoms with van der Waals surface area (Å²) in [4.78, 5) is 11.7. The number of hydrogen-bond acceptors (Lipinski definition) is 3. The van der Waals surface area contributed by atoms with Crippen LogP contribution in [0.3, 0.4) is 0 Å². The molecule has 0 N–H and O–H groups in total. The fraction of sp³-hybridized carbons (Fsp3) is 0.562. The van der Waals surface area contributed by atoms with Crippen LogP contribution in [-0.4, -0.2) is 19.7 Å². The van der Waals surface area contributed by atoms with Gasteiger partial charge in [0.2, 0.25) is 0 Å². The Morgan fingerprint density at radius 1 is 1.37 bits per heavy atom. The summed E-state index contributed by atoms with van der Waals surface area (Å²) in [6.45, 7) is 4.23. The third kappa shape index (κ3) is 3.80. The van der Waals surface area contributed by atoms with Crippen molar-refractivity contribution in [1.82, 2.24) is 0 Å². The Kier molecular flexibility index (Phi) is 4.59. The summed E-state index contributed by atoms with van der Waals surface area (Å²) in [6.07, 6.45) is 3.59. The van der Waals surface area contributed by atoms with Gasteiger partial charge in [-0.15, -0.1) is 0 Å². The van der Waals surface area contributed by atoms with Crippen molar-refractivity contribution in [3.05, 3.63) is 29.3 Å². The van der Waals surface area contributed by atoms with E-state index in [-0.39, 0.29) is 12.6 Å². The summed E-state index contributed by atoms with van der Waals surface area (Å²) in [7, 11) is 1.50. The van der Waals surface area contributed by atoms with Gasteiger partial charge in [-0.25, -0.2) is 4.79 Å². The number of esters is 1. The van der Waals surface area contributed by atoms with Crippen LogP contribution < -0.4 is 4.74 Å². The summed E-state index contributed by atoms with van der Waals surface area (Å²) in [6, 6.07) is 6.16. The van der Waals surface area contributed by atoms with Gasteiger partial charge >= 0.3 is 5.97 Å². The molecule has 2 rings (SSSR count). The van der Waals surface area contributed by atoms with E-state index in [4.69, 9.17) is 9.47 Å². The average molecular weight is 262 g/mol. The van der Waals surface area contributed by atoms with Crippen molar-refractivity contribution in [1.29, 1.82) is 0 Å². The fourth-order valence-electron chi connectivity index (χ4n) is 2.24. The maximum absolute atomic E-state index is 11.7. The maximum atomic E-state index is 11.7. The van der Waals surface area contributed by atoms with E-state index >= 15 is 0 Å². The van der Waals surface area contributed by atoms with Crippen molar-refractivity contribution < 1.29 is 14.3 Å². The van der Waals surface area contributed by atoms with Gasteiger partial charge in [0.15, 0.2) is 0 Å². The highest BCUT2D eigenvalue weighted by Crippen LogP contribution is 2.38. The number of para-hydroxylation sites is 1. The molecule has 0 spiro atoms. The first-order valence-electron chi connectivity index (χ1n) is 6.93. The van der Waals surface area contributed by atoms with Crippen LogP contribution in [0.25, 0.3) is 0 Å². The number of methoxy groups -OCH3 is 1. The highest BCUT2D eigenvalue weighted by molar-refractivity contribution is 5.74. The van der Waals surface area contributed by atoms with Crippen LogP contribution in [0.5, 0.6) is 5.75 Å². The van der Waals surface area contributed by atoms with Gasteiger partial charge in [0.05, 0.1) is 0 Å². The second-order valence-electron chi connectivity index (χ2n) is 5.54. The number of ether oxygens (including phenoxy) is 2. The molecule has 3 nitrogen and oxygen atoms in total. The molecule has 1 saturated carbocycles. The highest BCUT2D eigenvalue weighted by atomic mass is 16.6. The van der Waals surface area contributed by atoms with Gasteiger partial charge in [-0.3, -0.25) is 0 Å². The summed E-state index contributed by atoms with van der Waals surface area (Å²) < 4.78 is 10.4. The summed E-state index contributed by atoms with van der Waals surface area (Å²) >= 11 is 0. The second-order valence-corrected chi connectivity index (χ2v) is 5.54. The van der Waals surface area contributed by atoms with Crippen LogP contribution in [0.4, 0.5) is 0 Å². The SMILES string of the molecule is COCC(=O)Oc1c(CC2CC2)cccc1C(C)C. The first-order chi connectivity index (χ1) is 9.11. The monoisotopic (exact) mass is 262 g/mol. The lowest BCUT2D eigenvalue weighted by Gasteiger charge is -2.16.